The standard InChI is InChI=1S/C22H30N2O2/c1-2-6-18-9-10-22(26-17-19-7-4-3-5-8-19)20(15-18)21(25)16-24-13-11-23-12-14-24/h3-5,7-10,15,21,23,25H,2,6,11-14,16-17H2,1H3. The minimum absolute atomic E-state index is 0.515. The minimum Gasteiger partial charge on any atom is -0.489 e. The number of piperazine rings is 1. The van der Waals surface area contributed by atoms with Crippen LogP contribution < -0.4 is 10.1 Å². The maximum atomic E-state index is 10.9. The molecular weight excluding hydrogens is 324 g/mol. The highest BCUT2D eigenvalue weighted by atomic mass is 16.5. The first-order valence-corrected chi connectivity index (χ1v) is 9.67. The van der Waals surface area contributed by atoms with E-state index in [2.05, 4.69) is 41.4 Å². The number of benzene rings is 2. The molecule has 4 heteroatoms. The summed E-state index contributed by atoms with van der Waals surface area (Å²) >= 11 is 0. The second-order valence-electron chi connectivity index (χ2n) is 6.96. The minimum atomic E-state index is -0.532. The smallest absolute Gasteiger partial charge is 0.125 e. The van der Waals surface area contributed by atoms with Gasteiger partial charge < -0.3 is 15.2 Å². The molecule has 0 aromatic heterocycles. The number of nitrogens with one attached hydrogen (secondary N) is 1. The van der Waals surface area contributed by atoms with Gasteiger partial charge in [0, 0.05) is 38.3 Å². The number of nitrogens with zero attached hydrogens (tertiary/aromatic N) is 1. The van der Waals surface area contributed by atoms with Gasteiger partial charge in [0.05, 0.1) is 6.10 Å². The molecule has 3 rings (SSSR count). The first kappa shape index (κ1) is 18.9. The van der Waals surface area contributed by atoms with Crippen LogP contribution in [0.5, 0.6) is 5.75 Å². The molecule has 0 amide bonds. The predicted molar refractivity (Wildman–Crippen MR) is 105 cm³/mol. The fourth-order valence-corrected chi connectivity index (χ4v) is 3.41. The number of aryl methyl sites for hydroxylation is 1. The third-order valence-electron chi connectivity index (χ3n) is 4.85. The van der Waals surface area contributed by atoms with E-state index in [4.69, 9.17) is 4.74 Å². The lowest BCUT2D eigenvalue weighted by Gasteiger charge is -2.29. The van der Waals surface area contributed by atoms with E-state index >= 15 is 0 Å². The molecule has 2 N–H and O–H groups in total. The zero-order valence-electron chi connectivity index (χ0n) is 15.7. The van der Waals surface area contributed by atoms with E-state index in [0.717, 1.165) is 55.9 Å². The van der Waals surface area contributed by atoms with Crippen molar-refractivity contribution in [1.82, 2.24) is 10.2 Å². The van der Waals surface area contributed by atoms with Crippen molar-refractivity contribution in [1.29, 1.82) is 0 Å². The fraction of sp³-hybridized carbons (Fsp3) is 0.455. The number of aliphatic hydroxyl groups is 1. The predicted octanol–water partition coefficient (Wildman–Crippen LogP) is 3.16. The highest BCUT2D eigenvalue weighted by molar-refractivity contribution is 5.39. The van der Waals surface area contributed by atoms with Crippen LogP contribution in [0.4, 0.5) is 0 Å². The van der Waals surface area contributed by atoms with Crippen LogP contribution in [0.25, 0.3) is 0 Å². The maximum absolute atomic E-state index is 10.9. The van der Waals surface area contributed by atoms with E-state index in [1.54, 1.807) is 0 Å². The molecule has 1 aliphatic rings. The van der Waals surface area contributed by atoms with E-state index in [1.165, 1.54) is 5.56 Å². The lowest BCUT2D eigenvalue weighted by atomic mass is 10.0. The van der Waals surface area contributed by atoms with Gasteiger partial charge in [-0.05, 0) is 29.7 Å². The summed E-state index contributed by atoms with van der Waals surface area (Å²) in [4.78, 5) is 2.31. The van der Waals surface area contributed by atoms with Crippen LogP contribution in [-0.4, -0.2) is 42.7 Å². The molecule has 1 unspecified atom stereocenters. The fourth-order valence-electron chi connectivity index (χ4n) is 3.41. The van der Waals surface area contributed by atoms with Gasteiger partial charge >= 0.3 is 0 Å². The van der Waals surface area contributed by atoms with Gasteiger partial charge in [-0.3, -0.25) is 4.90 Å². The summed E-state index contributed by atoms with van der Waals surface area (Å²) in [5, 5.41) is 14.3. The molecule has 4 nitrogen and oxygen atoms in total. The SMILES string of the molecule is CCCc1ccc(OCc2ccccc2)c(C(O)CN2CCNCC2)c1. The van der Waals surface area contributed by atoms with Crippen molar-refractivity contribution in [3.05, 3.63) is 65.2 Å². The third-order valence-corrected chi connectivity index (χ3v) is 4.85. The molecule has 0 radical (unpaired) electrons. The molecule has 0 bridgehead atoms. The number of rotatable bonds is 8. The van der Waals surface area contributed by atoms with Gasteiger partial charge in [-0.2, -0.15) is 0 Å². The molecule has 2 aromatic carbocycles. The van der Waals surface area contributed by atoms with E-state index < -0.39 is 6.10 Å². The lowest BCUT2D eigenvalue weighted by molar-refractivity contribution is 0.102. The zero-order valence-corrected chi connectivity index (χ0v) is 15.7. The molecule has 1 saturated heterocycles. The summed E-state index contributed by atoms with van der Waals surface area (Å²) in [6.45, 7) is 7.27. The largest absolute Gasteiger partial charge is 0.489 e. The zero-order chi connectivity index (χ0) is 18.2. The van der Waals surface area contributed by atoms with Crippen LogP contribution in [0.3, 0.4) is 0 Å². The Morgan fingerprint density at radius 1 is 1.08 bits per heavy atom. The van der Waals surface area contributed by atoms with Crippen LogP contribution in [0.1, 0.15) is 36.1 Å². The average molecular weight is 354 g/mol. The molecule has 0 aliphatic carbocycles. The summed E-state index contributed by atoms with van der Waals surface area (Å²) in [5.41, 5.74) is 3.30. The molecule has 26 heavy (non-hydrogen) atoms. The van der Waals surface area contributed by atoms with Gasteiger partial charge in [0.2, 0.25) is 0 Å². The van der Waals surface area contributed by atoms with Gasteiger partial charge in [0.15, 0.2) is 0 Å². The second-order valence-corrected chi connectivity index (χ2v) is 6.96. The van der Waals surface area contributed by atoms with Crippen LogP contribution in [0, 0.1) is 0 Å². The maximum Gasteiger partial charge on any atom is 0.125 e. The Morgan fingerprint density at radius 2 is 1.85 bits per heavy atom. The molecule has 140 valence electrons. The van der Waals surface area contributed by atoms with E-state index in [0.29, 0.717) is 13.2 Å². The Morgan fingerprint density at radius 3 is 2.58 bits per heavy atom. The van der Waals surface area contributed by atoms with E-state index in [1.807, 2.05) is 24.3 Å². The van der Waals surface area contributed by atoms with Gasteiger partial charge in [0.25, 0.3) is 0 Å². The van der Waals surface area contributed by atoms with Crippen molar-refractivity contribution in [3.8, 4) is 5.75 Å². The van der Waals surface area contributed by atoms with Crippen molar-refractivity contribution in [2.75, 3.05) is 32.7 Å². The Balaban J connectivity index is 1.74. The first-order valence-electron chi connectivity index (χ1n) is 9.67. The van der Waals surface area contributed by atoms with Gasteiger partial charge in [-0.25, -0.2) is 0 Å². The highest BCUT2D eigenvalue weighted by Gasteiger charge is 2.19. The summed E-state index contributed by atoms with van der Waals surface area (Å²) < 4.78 is 6.08. The Bertz CT molecular complexity index is 669. The van der Waals surface area contributed by atoms with Crippen molar-refractivity contribution in [2.45, 2.75) is 32.5 Å². The van der Waals surface area contributed by atoms with Crippen LogP contribution >= 0.6 is 0 Å². The second kappa shape index (κ2) is 9.72. The average Bonchev–Trinajstić information content (AvgIpc) is 2.69. The molecule has 1 aliphatic heterocycles. The summed E-state index contributed by atoms with van der Waals surface area (Å²) in [6.07, 6.45) is 1.58. The number of aliphatic hydroxyl groups excluding tert-OH is 1. The summed E-state index contributed by atoms with van der Waals surface area (Å²) in [5.74, 6) is 0.788. The molecule has 0 saturated carbocycles. The van der Waals surface area contributed by atoms with Gasteiger partial charge in [-0.15, -0.1) is 0 Å². The molecular formula is C22H30N2O2. The van der Waals surface area contributed by atoms with Crippen molar-refractivity contribution in [2.24, 2.45) is 0 Å². The van der Waals surface area contributed by atoms with E-state index in [9.17, 15) is 5.11 Å². The van der Waals surface area contributed by atoms with Crippen molar-refractivity contribution >= 4 is 0 Å². The third kappa shape index (κ3) is 5.31. The Labute approximate surface area is 156 Å². The highest BCUT2D eigenvalue weighted by Crippen LogP contribution is 2.29. The topological polar surface area (TPSA) is 44.7 Å². The summed E-state index contributed by atoms with van der Waals surface area (Å²) in [6, 6.07) is 16.4. The molecule has 1 atom stereocenters. The van der Waals surface area contributed by atoms with Crippen LogP contribution in [0.15, 0.2) is 48.5 Å². The van der Waals surface area contributed by atoms with Gasteiger partial charge in [-0.1, -0.05) is 49.7 Å². The first-order chi connectivity index (χ1) is 12.8. The van der Waals surface area contributed by atoms with Crippen LogP contribution in [0.2, 0.25) is 0 Å². The quantitative estimate of drug-likeness (QED) is 0.764. The molecule has 2 aromatic rings. The Hall–Kier alpha value is -1.88. The lowest BCUT2D eigenvalue weighted by Crippen LogP contribution is -2.45. The Kier molecular flexibility index (Phi) is 7.06. The number of hydrogen-bond acceptors (Lipinski definition) is 4. The van der Waals surface area contributed by atoms with Crippen molar-refractivity contribution < 1.29 is 9.84 Å². The normalized spacial score (nSPS) is 16.4. The molecule has 1 heterocycles. The summed E-state index contributed by atoms with van der Waals surface area (Å²) in [7, 11) is 0. The monoisotopic (exact) mass is 354 g/mol. The van der Waals surface area contributed by atoms with Crippen molar-refractivity contribution in [3.63, 3.8) is 0 Å². The number of ether oxygens (including phenoxy) is 1. The van der Waals surface area contributed by atoms with Gasteiger partial charge in [0.1, 0.15) is 12.4 Å². The van der Waals surface area contributed by atoms with Crippen LogP contribution in [-0.2, 0) is 13.0 Å². The number of hydrogen-bond donors (Lipinski definition) is 2. The molecule has 1 fully saturated rings. The number of β-amino-alcohol motifs (C(OH)–C–C–N with tert-alkyl or cyclic N) is 1. The van der Waals surface area contributed by atoms with E-state index in [-0.39, 0.29) is 0 Å². The molecule has 0 spiro atoms.